The van der Waals surface area contributed by atoms with Crippen LogP contribution in [0.2, 0.25) is 0 Å². The molecule has 0 atom stereocenters. The van der Waals surface area contributed by atoms with Gasteiger partial charge in [0.25, 0.3) is 0 Å². The fraction of sp³-hybridized carbons (Fsp3) is 0. The fourth-order valence-corrected chi connectivity index (χ4v) is 7.20. The van der Waals surface area contributed by atoms with Crippen LogP contribution in [0, 0.1) is 22.7 Å². The summed E-state index contributed by atoms with van der Waals surface area (Å²) in [6.07, 6.45) is 0. The van der Waals surface area contributed by atoms with Crippen LogP contribution in [0.3, 0.4) is 0 Å². The van der Waals surface area contributed by atoms with E-state index in [2.05, 4.69) is 137 Å². The summed E-state index contributed by atoms with van der Waals surface area (Å²) in [6.45, 7) is 0. The van der Waals surface area contributed by atoms with Gasteiger partial charge in [-0.1, -0.05) is 91.0 Å². The van der Waals surface area contributed by atoms with Crippen molar-refractivity contribution in [1.29, 1.82) is 10.5 Å². The van der Waals surface area contributed by atoms with Crippen LogP contribution < -0.4 is 0 Å². The Balaban J connectivity index is 1.36. The Morgan fingerprint density at radius 3 is 1.80 bits per heavy atom. The molecule has 2 aromatic heterocycles. The molecule has 0 aliphatic carbocycles. The van der Waals surface area contributed by atoms with Gasteiger partial charge in [0.15, 0.2) is 0 Å². The molecule has 0 fully saturated rings. The van der Waals surface area contributed by atoms with Crippen LogP contribution >= 0.6 is 0 Å². The smallest absolute Gasteiger partial charge is 0.0998 e. The maximum atomic E-state index is 9.80. The van der Waals surface area contributed by atoms with Crippen LogP contribution in [-0.2, 0) is 0 Å². The number of nitrogens with zero attached hydrogens (tertiary/aromatic N) is 4. The van der Waals surface area contributed by atoms with Gasteiger partial charge in [-0.15, -0.1) is 0 Å². The van der Waals surface area contributed by atoms with E-state index in [-0.39, 0.29) is 0 Å². The topological polar surface area (TPSA) is 57.4 Å². The van der Waals surface area contributed by atoms with Gasteiger partial charge in [0.1, 0.15) is 0 Å². The SMILES string of the molecule is N#Cc1cccc(C#N)c1-c1ccc(-n2c3ccccc3c3ccc4c(c5ccccc5n4-c4ccc5ccccc5c4)c32)cc1. The minimum atomic E-state index is 0.492. The Kier molecular flexibility index (Phi) is 5.59. The molecule has 0 saturated carbocycles. The first kappa shape index (κ1) is 25.8. The molecule has 0 N–H and O–H groups in total. The van der Waals surface area contributed by atoms with Crippen molar-refractivity contribution in [3.63, 3.8) is 0 Å². The lowest BCUT2D eigenvalue weighted by Gasteiger charge is -2.12. The van der Waals surface area contributed by atoms with Crippen molar-refractivity contribution >= 4 is 54.4 Å². The molecule has 0 saturated heterocycles. The number of aromatic nitrogens is 2. The van der Waals surface area contributed by atoms with E-state index in [9.17, 15) is 10.5 Å². The summed E-state index contributed by atoms with van der Waals surface area (Å²) in [6, 6.07) is 54.9. The van der Waals surface area contributed by atoms with Crippen molar-refractivity contribution in [2.24, 2.45) is 0 Å². The molecule has 0 aliphatic rings. The highest BCUT2D eigenvalue weighted by Gasteiger charge is 2.21. The van der Waals surface area contributed by atoms with Crippen LogP contribution in [0.4, 0.5) is 0 Å². The molecule has 4 nitrogen and oxygen atoms in total. The second-order valence-corrected chi connectivity index (χ2v) is 11.6. The lowest BCUT2D eigenvalue weighted by molar-refractivity contribution is 1.18. The first-order valence-electron chi connectivity index (χ1n) is 15.2. The number of nitriles is 2. The van der Waals surface area contributed by atoms with E-state index >= 15 is 0 Å². The Hall–Kier alpha value is -6.62. The van der Waals surface area contributed by atoms with Crippen molar-refractivity contribution in [2.75, 3.05) is 0 Å². The normalized spacial score (nSPS) is 11.4. The quantitative estimate of drug-likeness (QED) is 0.207. The summed E-state index contributed by atoms with van der Waals surface area (Å²) in [4.78, 5) is 0. The lowest BCUT2D eigenvalue weighted by Crippen LogP contribution is -1.96. The molecule has 0 amide bonds. The van der Waals surface area contributed by atoms with Crippen molar-refractivity contribution in [2.45, 2.75) is 0 Å². The van der Waals surface area contributed by atoms with E-state index in [1.807, 2.05) is 12.1 Å². The van der Waals surface area contributed by atoms with Gasteiger partial charge >= 0.3 is 0 Å². The molecule has 0 aliphatic heterocycles. The third-order valence-corrected chi connectivity index (χ3v) is 9.18. The predicted octanol–water partition coefficient (Wildman–Crippen LogP) is 10.4. The minimum Gasteiger partial charge on any atom is -0.309 e. The van der Waals surface area contributed by atoms with E-state index < -0.39 is 0 Å². The predicted molar refractivity (Wildman–Crippen MR) is 187 cm³/mol. The molecular weight excluding hydrogens is 560 g/mol. The van der Waals surface area contributed by atoms with Crippen molar-refractivity contribution in [1.82, 2.24) is 9.13 Å². The third kappa shape index (κ3) is 3.65. The van der Waals surface area contributed by atoms with Crippen LogP contribution in [-0.4, -0.2) is 9.13 Å². The van der Waals surface area contributed by atoms with Gasteiger partial charge in [-0.25, -0.2) is 0 Å². The summed E-state index contributed by atoms with van der Waals surface area (Å²) in [5.74, 6) is 0. The van der Waals surface area contributed by atoms with Crippen LogP contribution in [0.1, 0.15) is 11.1 Å². The summed E-state index contributed by atoms with van der Waals surface area (Å²) in [5, 5.41) is 26.8. The second-order valence-electron chi connectivity index (χ2n) is 11.6. The van der Waals surface area contributed by atoms with Crippen molar-refractivity contribution in [3.05, 3.63) is 157 Å². The summed E-state index contributed by atoms with van der Waals surface area (Å²) < 4.78 is 4.74. The molecule has 46 heavy (non-hydrogen) atoms. The van der Waals surface area contributed by atoms with Gasteiger partial charge in [0.05, 0.1) is 45.3 Å². The highest BCUT2D eigenvalue weighted by Crippen LogP contribution is 2.42. The minimum absolute atomic E-state index is 0.492. The highest BCUT2D eigenvalue weighted by atomic mass is 15.0. The first-order chi connectivity index (χ1) is 22.7. The number of hydrogen-bond acceptors (Lipinski definition) is 2. The molecular formula is C42H24N4. The Labute approximate surface area is 264 Å². The maximum Gasteiger partial charge on any atom is 0.0998 e. The largest absolute Gasteiger partial charge is 0.309 e. The molecule has 9 aromatic rings. The lowest BCUT2D eigenvalue weighted by atomic mass is 9.95. The van der Waals surface area contributed by atoms with Gasteiger partial charge in [-0.2, -0.15) is 10.5 Å². The zero-order valence-corrected chi connectivity index (χ0v) is 24.6. The second kappa shape index (κ2) is 9.96. The average molecular weight is 585 g/mol. The number of rotatable bonds is 3. The van der Waals surface area contributed by atoms with E-state index in [1.54, 1.807) is 18.2 Å². The molecule has 0 bridgehead atoms. The summed E-state index contributed by atoms with van der Waals surface area (Å²) in [5.41, 5.74) is 9.21. The van der Waals surface area contributed by atoms with E-state index in [1.165, 1.54) is 32.3 Å². The van der Waals surface area contributed by atoms with Crippen LogP contribution in [0.25, 0.3) is 76.9 Å². The van der Waals surface area contributed by atoms with Gasteiger partial charge in [0.2, 0.25) is 0 Å². The summed E-state index contributed by atoms with van der Waals surface area (Å²) in [7, 11) is 0. The monoisotopic (exact) mass is 584 g/mol. The number of benzene rings is 7. The van der Waals surface area contributed by atoms with Gasteiger partial charge < -0.3 is 9.13 Å². The highest BCUT2D eigenvalue weighted by molar-refractivity contribution is 6.26. The zero-order chi connectivity index (χ0) is 30.8. The number of hydrogen-bond donors (Lipinski definition) is 0. The van der Waals surface area contributed by atoms with E-state index in [0.29, 0.717) is 16.7 Å². The van der Waals surface area contributed by atoms with Crippen LogP contribution in [0.5, 0.6) is 0 Å². The molecule has 2 heterocycles. The van der Waals surface area contributed by atoms with Crippen LogP contribution in [0.15, 0.2) is 146 Å². The molecule has 7 aromatic carbocycles. The van der Waals surface area contributed by atoms with Gasteiger partial charge in [0, 0.05) is 38.5 Å². The van der Waals surface area contributed by atoms with Gasteiger partial charge in [-0.3, -0.25) is 0 Å². The first-order valence-corrected chi connectivity index (χ1v) is 15.2. The van der Waals surface area contributed by atoms with E-state index in [0.717, 1.165) is 39.0 Å². The Morgan fingerprint density at radius 2 is 1.07 bits per heavy atom. The maximum absolute atomic E-state index is 9.80. The Bertz CT molecular complexity index is 2730. The molecule has 212 valence electrons. The molecule has 4 heteroatoms. The molecule has 9 rings (SSSR count). The number of fused-ring (bicyclic) bond motifs is 8. The number of para-hydroxylation sites is 2. The molecule has 0 spiro atoms. The van der Waals surface area contributed by atoms with Crippen molar-refractivity contribution in [3.8, 4) is 34.6 Å². The van der Waals surface area contributed by atoms with Gasteiger partial charge in [-0.05, 0) is 70.9 Å². The molecule has 0 radical (unpaired) electrons. The fourth-order valence-electron chi connectivity index (χ4n) is 7.20. The van der Waals surface area contributed by atoms with Crippen molar-refractivity contribution < 1.29 is 0 Å². The van der Waals surface area contributed by atoms with E-state index in [4.69, 9.17) is 0 Å². The third-order valence-electron chi connectivity index (χ3n) is 9.18. The standard InChI is InChI=1S/C42H24N4/c43-25-30-10-7-11-31(26-44)40(30)28-17-19-32(20-18-28)46-37-14-5-3-12-34(37)35-22-23-39-41(42(35)46)36-13-4-6-15-38(36)45(39)33-21-16-27-8-1-2-9-29(27)24-33/h1-24H. The average Bonchev–Trinajstić information content (AvgIpc) is 3.64. The molecule has 0 unspecified atom stereocenters. The zero-order valence-electron chi connectivity index (χ0n) is 24.6. The Morgan fingerprint density at radius 1 is 0.435 bits per heavy atom. The summed E-state index contributed by atoms with van der Waals surface area (Å²) >= 11 is 0.